The highest BCUT2D eigenvalue weighted by Crippen LogP contribution is 2.29. The summed E-state index contributed by atoms with van der Waals surface area (Å²) in [5, 5.41) is 0. The number of anilines is 1. The number of nitrogens with zero attached hydrogens (tertiary/aromatic N) is 2. The van der Waals surface area contributed by atoms with Gasteiger partial charge in [-0.05, 0) is 49.9 Å². The first-order chi connectivity index (χ1) is 11.8. The van der Waals surface area contributed by atoms with Crippen LogP contribution in [0.25, 0.3) is 0 Å². The second-order valence-electron chi connectivity index (χ2n) is 7.46. The van der Waals surface area contributed by atoms with E-state index in [1.807, 2.05) is 0 Å². The molecule has 4 heteroatoms. The average Bonchev–Trinajstić information content (AvgIpc) is 2.57. The van der Waals surface area contributed by atoms with Crippen molar-refractivity contribution >= 4 is 11.5 Å². The minimum atomic E-state index is 0.361. The van der Waals surface area contributed by atoms with Crippen LogP contribution in [0.2, 0.25) is 0 Å². The SMILES string of the molecule is O=C1CCN(c2ccc(OC3CCN(C4CCC4)CC3)cc2)CC1. The number of ketones is 1. The van der Waals surface area contributed by atoms with Crippen LogP contribution in [0.3, 0.4) is 0 Å². The quantitative estimate of drug-likeness (QED) is 0.849. The van der Waals surface area contributed by atoms with Crippen molar-refractivity contribution in [3.8, 4) is 5.75 Å². The van der Waals surface area contributed by atoms with E-state index in [4.69, 9.17) is 4.74 Å². The predicted molar refractivity (Wildman–Crippen MR) is 95.8 cm³/mol. The number of likely N-dealkylation sites (tertiary alicyclic amines) is 1. The Kier molecular flexibility index (Phi) is 4.74. The molecule has 0 bridgehead atoms. The monoisotopic (exact) mass is 328 g/mol. The molecule has 130 valence electrons. The Bertz CT molecular complexity index is 550. The number of Topliss-reactive ketones (excluding diaryl/α,β-unsaturated/α-hetero) is 1. The molecule has 0 unspecified atom stereocenters. The molecule has 2 saturated heterocycles. The Morgan fingerprint density at radius 1 is 0.875 bits per heavy atom. The Morgan fingerprint density at radius 3 is 2.12 bits per heavy atom. The smallest absolute Gasteiger partial charge is 0.136 e. The third-order valence-electron chi connectivity index (χ3n) is 5.89. The zero-order chi connectivity index (χ0) is 16.4. The molecule has 3 fully saturated rings. The molecule has 0 atom stereocenters. The van der Waals surface area contributed by atoms with Crippen LogP contribution < -0.4 is 9.64 Å². The number of hydrogen-bond acceptors (Lipinski definition) is 4. The number of carbonyl (C=O) groups excluding carboxylic acids is 1. The molecule has 3 aliphatic rings. The lowest BCUT2D eigenvalue weighted by molar-refractivity contribution is -0.119. The number of piperidine rings is 2. The first-order valence-corrected chi connectivity index (χ1v) is 9.55. The molecule has 0 N–H and O–H groups in total. The van der Waals surface area contributed by atoms with Gasteiger partial charge in [-0.25, -0.2) is 0 Å². The maximum absolute atomic E-state index is 11.4. The predicted octanol–water partition coefficient (Wildman–Crippen LogP) is 3.25. The van der Waals surface area contributed by atoms with Gasteiger partial charge in [0, 0.05) is 50.7 Å². The van der Waals surface area contributed by atoms with Crippen LogP contribution >= 0.6 is 0 Å². The van der Waals surface area contributed by atoms with Gasteiger partial charge in [0.15, 0.2) is 0 Å². The van der Waals surface area contributed by atoms with E-state index < -0.39 is 0 Å². The Morgan fingerprint density at radius 2 is 1.54 bits per heavy atom. The molecular formula is C20H28N2O2. The van der Waals surface area contributed by atoms with Crippen molar-refractivity contribution in [1.82, 2.24) is 4.90 Å². The van der Waals surface area contributed by atoms with Gasteiger partial charge in [-0.2, -0.15) is 0 Å². The van der Waals surface area contributed by atoms with Crippen molar-refractivity contribution in [3.63, 3.8) is 0 Å². The van der Waals surface area contributed by atoms with Gasteiger partial charge < -0.3 is 14.5 Å². The maximum Gasteiger partial charge on any atom is 0.136 e. The van der Waals surface area contributed by atoms with Gasteiger partial charge >= 0.3 is 0 Å². The molecule has 1 aliphatic carbocycles. The highest BCUT2D eigenvalue weighted by Gasteiger charge is 2.29. The first kappa shape index (κ1) is 15.9. The molecular weight excluding hydrogens is 300 g/mol. The van der Waals surface area contributed by atoms with Crippen LogP contribution in [0, 0.1) is 0 Å². The van der Waals surface area contributed by atoms with E-state index in [1.54, 1.807) is 0 Å². The molecule has 2 aliphatic heterocycles. The van der Waals surface area contributed by atoms with Crippen LogP contribution in [0.5, 0.6) is 5.75 Å². The molecule has 24 heavy (non-hydrogen) atoms. The molecule has 0 radical (unpaired) electrons. The largest absolute Gasteiger partial charge is 0.490 e. The third-order valence-corrected chi connectivity index (χ3v) is 5.89. The first-order valence-electron chi connectivity index (χ1n) is 9.55. The fourth-order valence-corrected chi connectivity index (χ4v) is 4.05. The van der Waals surface area contributed by atoms with E-state index >= 15 is 0 Å². The van der Waals surface area contributed by atoms with Gasteiger partial charge in [0.2, 0.25) is 0 Å². The van der Waals surface area contributed by atoms with Gasteiger partial charge in [-0.1, -0.05) is 6.42 Å². The van der Waals surface area contributed by atoms with E-state index in [9.17, 15) is 4.79 Å². The number of ether oxygens (including phenoxy) is 1. The summed E-state index contributed by atoms with van der Waals surface area (Å²) in [7, 11) is 0. The van der Waals surface area contributed by atoms with Gasteiger partial charge in [0.05, 0.1) is 0 Å². The molecule has 0 amide bonds. The zero-order valence-electron chi connectivity index (χ0n) is 14.5. The summed E-state index contributed by atoms with van der Waals surface area (Å²) < 4.78 is 6.20. The topological polar surface area (TPSA) is 32.8 Å². The lowest BCUT2D eigenvalue weighted by atomic mass is 9.90. The second kappa shape index (κ2) is 7.14. The van der Waals surface area contributed by atoms with Crippen molar-refractivity contribution in [2.24, 2.45) is 0 Å². The molecule has 4 rings (SSSR count). The molecule has 1 aromatic carbocycles. The van der Waals surface area contributed by atoms with Crippen LogP contribution in [0.15, 0.2) is 24.3 Å². The van der Waals surface area contributed by atoms with Crippen LogP contribution in [-0.2, 0) is 4.79 Å². The lowest BCUT2D eigenvalue weighted by Crippen LogP contribution is -2.46. The summed E-state index contributed by atoms with van der Waals surface area (Å²) in [5.74, 6) is 1.37. The van der Waals surface area contributed by atoms with E-state index in [0.717, 1.165) is 37.7 Å². The molecule has 0 aromatic heterocycles. The fraction of sp³-hybridized carbons (Fsp3) is 0.650. The van der Waals surface area contributed by atoms with E-state index in [1.165, 1.54) is 38.0 Å². The van der Waals surface area contributed by atoms with Crippen molar-refractivity contribution < 1.29 is 9.53 Å². The Hall–Kier alpha value is -1.55. The van der Waals surface area contributed by atoms with Gasteiger partial charge in [0.1, 0.15) is 17.6 Å². The highest BCUT2D eigenvalue weighted by atomic mass is 16.5. The highest BCUT2D eigenvalue weighted by molar-refractivity contribution is 5.81. The van der Waals surface area contributed by atoms with Crippen LogP contribution in [0.4, 0.5) is 5.69 Å². The average molecular weight is 328 g/mol. The summed E-state index contributed by atoms with van der Waals surface area (Å²) in [6.07, 6.45) is 8.22. The number of carbonyl (C=O) groups is 1. The van der Waals surface area contributed by atoms with Gasteiger partial charge in [-0.3, -0.25) is 4.79 Å². The maximum atomic E-state index is 11.4. The van der Waals surface area contributed by atoms with Crippen molar-refractivity contribution in [2.75, 3.05) is 31.1 Å². The summed E-state index contributed by atoms with van der Waals surface area (Å²) in [6.45, 7) is 4.07. The fourth-order valence-electron chi connectivity index (χ4n) is 4.05. The molecule has 4 nitrogen and oxygen atoms in total. The van der Waals surface area contributed by atoms with E-state index in [0.29, 0.717) is 24.7 Å². The van der Waals surface area contributed by atoms with Gasteiger partial charge in [0.25, 0.3) is 0 Å². The van der Waals surface area contributed by atoms with E-state index in [-0.39, 0.29) is 0 Å². The van der Waals surface area contributed by atoms with Crippen molar-refractivity contribution in [3.05, 3.63) is 24.3 Å². The minimum absolute atomic E-state index is 0.361. The normalized spacial score (nSPS) is 24.0. The number of rotatable bonds is 4. The summed E-state index contributed by atoms with van der Waals surface area (Å²) in [5.41, 5.74) is 1.20. The third kappa shape index (κ3) is 3.59. The lowest BCUT2D eigenvalue weighted by Gasteiger charge is -2.41. The summed E-state index contributed by atoms with van der Waals surface area (Å²) in [6, 6.07) is 9.30. The second-order valence-corrected chi connectivity index (χ2v) is 7.46. The molecule has 1 saturated carbocycles. The van der Waals surface area contributed by atoms with Crippen LogP contribution in [-0.4, -0.2) is 49.0 Å². The zero-order valence-corrected chi connectivity index (χ0v) is 14.5. The van der Waals surface area contributed by atoms with Gasteiger partial charge in [-0.15, -0.1) is 0 Å². The summed E-state index contributed by atoms with van der Waals surface area (Å²) >= 11 is 0. The van der Waals surface area contributed by atoms with Crippen molar-refractivity contribution in [2.45, 2.75) is 57.1 Å². The Balaban J connectivity index is 1.27. The number of benzene rings is 1. The minimum Gasteiger partial charge on any atom is -0.490 e. The molecule has 2 heterocycles. The molecule has 0 spiro atoms. The van der Waals surface area contributed by atoms with E-state index in [2.05, 4.69) is 34.1 Å². The molecule has 1 aromatic rings. The Labute approximate surface area is 144 Å². The number of hydrogen-bond donors (Lipinski definition) is 0. The standard InChI is InChI=1S/C20H28N2O2/c23-18-8-12-21(13-9-18)17-4-6-19(7-5-17)24-20-10-14-22(15-11-20)16-2-1-3-16/h4-7,16,20H,1-3,8-15H2. The van der Waals surface area contributed by atoms with Crippen LogP contribution in [0.1, 0.15) is 44.9 Å². The van der Waals surface area contributed by atoms with Crippen molar-refractivity contribution in [1.29, 1.82) is 0 Å². The summed E-state index contributed by atoms with van der Waals surface area (Å²) in [4.78, 5) is 16.3.